The minimum absolute atomic E-state index is 0.193. The van der Waals surface area contributed by atoms with Crippen LogP contribution in [0.5, 0.6) is 0 Å². The van der Waals surface area contributed by atoms with Crippen molar-refractivity contribution in [2.45, 2.75) is 30.2 Å². The van der Waals surface area contributed by atoms with Gasteiger partial charge in [-0.05, 0) is 0 Å². The van der Waals surface area contributed by atoms with E-state index in [1.54, 1.807) is 0 Å². The van der Waals surface area contributed by atoms with Gasteiger partial charge in [-0.1, -0.05) is 0 Å². The van der Waals surface area contributed by atoms with Crippen molar-refractivity contribution in [3.63, 3.8) is 0 Å². The molecule has 1 aromatic rings. The molecule has 7 nitrogen and oxygen atoms in total. The van der Waals surface area contributed by atoms with Crippen LogP contribution in [0, 0.1) is 0 Å². The highest BCUT2D eigenvalue weighted by Crippen LogP contribution is 2.51. The largest absolute Gasteiger partial charge is 0.462 e. The van der Waals surface area contributed by atoms with Crippen molar-refractivity contribution in [2.24, 2.45) is 14.1 Å². The SMILES string of the molecule is Cn1c(NC(=O)C(F)(OC(F)(F)C(F)(F)C(F)(F)F)C(F)(F)F)cc(=O)n(C)c1=O. The number of nitrogens with one attached hydrogen (secondary N) is 1. The third-order valence-electron chi connectivity index (χ3n) is 3.41. The molecule has 0 fully saturated rings. The van der Waals surface area contributed by atoms with Crippen molar-refractivity contribution in [3.05, 3.63) is 26.9 Å². The van der Waals surface area contributed by atoms with E-state index in [9.17, 15) is 62.7 Å². The van der Waals surface area contributed by atoms with Gasteiger partial charge in [-0.2, -0.15) is 48.3 Å². The van der Waals surface area contributed by atoms with Crippen molar-refractivity contribution >= 4 is 11.7 Å². The van der Waals surface area contributed by atoms with Crippen molar-refractivity contribution in [2.75, 3.05) is 5.32 Å². The second-order valence-corrected chi connectivity index (χ2v) is 5.51. The smallest absolute Gasteiger partial charge is 0.306 e. The van der Waals surface area contributed by atoms with Crippen LogP contribution in [0.2, 0.25) is 0 Å². The minimum atomic E-state index is -7.35. The van der Waals surface area contributed by atoms with E-state index in [-0.39, 0.29) is 10.6 Å². The molecule has 0 aromatic carbocycles. The highest BCUT2D eigenvalue weighted by atomic mass is 19.4. The summed E-state index contributed by atoms with van der Waals surface area (Å²) in [6, 6.07) is 0.193. The van der Waals surface area contributed by atoms with Gasteiger partial charge in [0.25, 0.3) is 5.56 Å². The van der Waals surface area contributed by atoms with E-state index < -0.39 is 53.2 Å². The molecule has 0 saturated carbocycles. The zero-order chi connectivity index (χ0) is 24.1. The molecule has 0 aliphatic heterocycles. The van der Waals surface area contributed by atoms with Crippen LogP contribution in [0.15, 0.2) is 15.7 Å². The van der Waals surface area contributed by atoms with Crippen molar-refractivity contribution < 1.29 is 57.8 Å². The van der Waals surface area contributed by atoms with E-state index in [0.717, 1.165) is 12.4 Å². The first-order chi connectivity index (χ1) is 13.1. The summed E-state index contributed by atoms with van der Waals surface area (Å²) in [4.78, 5) is 34.6. The predicted octanol–water partition coefficient (Wildman–Crippen LogP) is 2.06. The number of carbonyl (C=O) groups excluding carboxylic acids is 1. The lowest BCUT2D eigenvalue weighted by atomic mass is 10.2. The molecule has 0 bridgehead atoms. The van der Waals surface area contributed by atoms with Gasteiger partial charge in [0.2, 0.25) is 0 Å². The number of rotatable bonds is 5. The van der Waals surface area contributed by atoms with Crippen LogP contribution >= 0.6 is 0 Å². The topological polar surface area (TPSA) is 82.3 Å². The third-order valence-corrected chi connectivity index (χ3v) is 3.41. The maximum atomic E-state index is 14.1. The predicted molar refractivity (Wildman–Crippen MR) is 72.5 cm³/mol. The van der Waals surface area contributed by atoms with Crippen LogP contribution < -0.4 is 16.6 Å². The molecule has 1 heterocycles. The zero-order valence-electron chi connectivity index (χ0n) is 14.3. The van der Waals surface area contributed by atoms with Gasteiger partial charge in [0.1, 0.15) is 5.82 Å². The maximum absolute atomic E-state index is 14.1. The second-order valence-electron chi connectivity index (χ2n) is 5.51. The van der Waals surface area contributed by atoms with Gasteiger partial charge in [0.15, 0.2) is 0 Å². The number of amides is 1. The highest BCUT2D eigenvalue weighted by molar-refractivity contribution is 5.96. The minimum Gasteiger partial charge on any atom is -0.306 e. The van der Waals surface area contributed by atoms with Gasteiger partial charge < -0.3 is 5.32 Å². The van der Waals surface area contributed by atoms with Crippen molar-refractivity contribution in [3.8, 4) is 0 Å². The quantitative estimate of drug-likeness (QED) is 0.673. The average Bonchev–Trinajstić information content (AvgIpc) is 2.54. The molecule has 0 aliphatic rings. The molecule has 172 valence electrons. The molecule has 30 heavy (non-hydrogen) atoms. The highest BCUT2D eigenvalue weighted by Gasteiger charge is 2.79. The second kappa shape index (κ2) is 7.24. The van der Waals surface area contributed by atoms with Gasteiger partial charge in [0.05, 0.1) is 0 Å². The van der Waals surface area contributed by atoms with E-state index in [2.05, 4.69) is 4.74 Å². The lowest BCUT2D eigenvalue weighted by Gasteiger charge is -2.34. The number of ether oxygens (including phenoxy) is 1. The number of aromatic nitrogens is 2. The third kappa shape index (κ3) is 4.12. The lowest BCUT2D eigenvalue weighted by Crippen LogP contribution is -2.62. The first-order valence-electron chi connectivity index (χ1n) is 6.97. The van der Waals surface area contributed by atoms with E-state index in [1.165, 1.54) is 0 Å². The van der Waals surface area contributed by atoms with Crippen molar-refractivity contribution in [1.82, 2.24) is 9.13 Å². The molecule has 1 unspecified atom stereocenters. The Hall–Kier alpha value is -2.66. The van der Waals surface area contributed by atoms with E-state index >= 15 is 0 Å². The summed E-state index contributed by atoms with van der Waals surface area (Å²) < 4.78 is 143. The van der Waals surface area contributed by atoms with Gasteiger partial charge in [-0.15, -0.1) is 0 Å². The molecule has 0 spiro atoms. The first kappa shape index (κ1) is 25.4. The molecule has 1 atom stereocenters. The van der Waals surface area contributed by atoms with Gasteiger partial charge in [-0.3, -0.25) is 23.5 Å². The summed E-state index contributed by atoms with van der Waals surface area (Å²) in [5.74, 6) is -18.5. The monoisotopic (exact) mass is 467 g/mol. The molecular formula is C12H8F11N3O4. The molecular weight excluding hydrogens is 459 g/mol. The molecule has 0 aliphatic carbocycles. The molecule has 0 radical (unpaired) electrons. The summed E-state index contributed by atoms with van der Waals surface area (Å²) in [7, 11) is 1.55. The number of nitrogens with zero attached hydrogens (tertiary/aromatic N) is 2. The van der Waals surface area contributed by atoms with E-state index in [4.69, 9.17) is 0 Å². The van der Waals surface area contributed by atoms with Gasteiger partial charge >= 0.3 is 41.8 Å². The Bertz CT molecular complexity index is 947. The summed E-state index contributed by atoms with van der Waals surface area (Å²) in [5, 5.41) is 0.810. The summed E-state index contributed by atoms with van der Waals surface area (Å²) in [5.41, 5.74) is -2.64. The molecule has 1 amide bonds. The maximum Gasteiger partial charge on any atom is 0.462 e. The van der Waals surface area contributed by atoms with Crippen LogP contribution in [-0.4, -0.2) is 45.3 Å². The number of alkyl halides is 11. The first-order valence-corrected chi connectivity index (χ1v) is 6.97. The number of halogens is 11. The Morgan fingerprint density at radius 3 is 1.73 bits per heavy atom. The fourth-order valence-corrected chi connectivity index (χ4v) is 1.69. The van der Waals surface area contributed by atoms with Gasteiger partial charge in [0, 0.05) is 20.2 Å². The Morgan fingerprint density at radius 2 is 1.33 bits per heavy atom. The fraction of sp³-hybridized carbons (Fsp3) is 0.583. The summed E-state index contributed by atoms with van der Waals surface area (Å²) >= 11 is 0. The zero-order valence-corrected chi connectivity index (χ0v) is 14.3. The number of anilines is 1. The summed E-state index contributed by atoms with van der Waals surface area (Å²) in [6.45, 7) is 0. The Labute approximate surface area is 156 Å². The normalized spacial score (nSPS) is 15.6. The van der Waals surface area contributed by atoms with Crippen LogP contribution in [0.3, 0.4) is 0 Å². The van der Waals surface area contributed by atoms with Crippen LogP contribution in [-0.2, 0) is 23.6 Å². The Morgan fingerprint density at radius 1 is 0.867 bits per heavy atom. The summed E-state index contributed by atoms with van der Waals surface area (Å²) in [6.07, 6.45) is -21.3. The molecule has 18 heteroatoms. The number of carbonyl (C=O) groups is 1. The fourth-order valence-electron chi connectivity index (χ4n) is 1.69. The van der Waals surface area contributed by atoms with Crippen LogP contribution in [0.4, 0.5) is 54.1 Å². The Kier molecular flexibility index (Phi) is 6.12. The lowest BCUT2D eigenvalue weighted by molar-refractivity contribution is -0.472. The van der Waals surface area contributed by atoms with Crippen LogP contribution in [0.25, 0.3) is 0 Å². The van der Waals surface area contributed by atoms with Crippen LogP contribution in [0.1, 0.15) is 0 Å². The number of hydrogen-bond acceptors (Lipinski definition) is 4. The van der Waals surface area contributed by atoms with Gasteiger partial charge in [-0.25, -0.2) is 4.79 Å². The molecule has 0 saturated heterocycles. The Balaban J connectivity index is 3.49. The standard InChI is InChI=1S/C12H8F11N3O4/c1-25-4(3-5(27)26(2)7(25)29)24-6(28)8(13,10(16,17)18)30-12(22,23)9(14,15)11(19,20)21/h3H,1-2H3,(H,24,28). The number of hydrogen-bond donors (Lipinski definition) is 1. The molecule has 1 aromatic heterocycles. The molecule has 1 N–H and O–H groups in total. The van der Waals surface area contributed by atoms with E-state index in [0.29, 0.717) is 11.6 Å². The van der Waals surface area contributed by atoms with E-state index in [1.807, 2.05) is 0 Å². The average molecular weight is 467 g/mol. The van der Waals surface area contributed by atoms with Crippen molar-refractivity contribution in [1.29, 1.82) is 0 Å². The molecule has 1 rings (SSSR count).